The summed E-state index contributed by atoms with van der Waals surface area (Å²) in [4.78, 5) is 29.4. The number of amides is 1. The summed E-state index contributed by atoms with van der Waals surface area (Å²) in [6.07, 6.45) is -2.10. The lowest BCUT2D eigenvalue weighted by molar-refractivity contribution is -0.137. The molecule has 164 valence electrons. The van der Waals surface area contributed by atoms with Crippen molar-refractivity contribution in [3.8, 4) is 5.69 Å². The van der Waals surface area contributed by atoms with Gasteiger partial charge in [-0.3, -0.25) is 14.2 Å². The van der Waals surface area contributed by atoms with Crippen molar-refractivity contribution in [2.45, 2.75) is 25.7 Å². The van der Waals surface area contributed by atoms with E-state index in [1.807, 2.05) is 37.3 Å². The average Bonchev–Trinajstić information content (AvgIpc) is 3.21. The maximum atomic E-state index is 13.0. The van der Waals surface area contributed by atoms with Gasteiger partial charge in [0.25, 0.3) is 5.56 Å². The normalized spacial score (nSPS) is 12.6. The second-order valence-electron chi connectivity index (χ2n) is 7.22. The van der Waals surface area contributed by atoms with Crippen molar-refractivity contribution in [3.63, 3.8) is 0 Å². The van der Waals surface area contributed by atoms with E-state index in [4.69, 9.17) is 0 Å². The Hall–Kier alpha value is -3.95. The van der Waals surface area contributed by atoms with Crippen LogP contribution in [0, 0.1) is 0 Å². The molecular formula is C22H18F3N5O2. The van der Waals surface area contributed by atoms with Crippen molar-refractivity contribution in [3.05, 3.63) is 88.6 Å². The van der Waals surface area contributed by atoms with Gasteiger partial charge in [0.05, 0.1) is 23.5 Å². The number of fused-ring (bicyclic) bond motifs is 1. The predicted octanol–water partition coefficient (Wildman–Crippen LogP) is 3.48. The Labute approximate surface area is 180 Å². The van der Waals surface area contributed by atoms with E-state index < -0.39 is 17.3 Å². The SMILES string of the molecule is C[C@@H](NC(=O)Cn1cnc2c(cnn2-c2cccc(C(F)(F)F)c2)c1=O)c1ccccc1. The van der Waals surface area contributed by atoms with Crippen LogP contribution in [-0.4, -0.2) is 25.2 Å². The first kappa shape index (κ1) is 21.3. The van der Waals surface area contributed by atoms with Crippen molar-refractivity contribution in [2.24, 2.45) is 0 Å². The number of rotatable bonds is 5. The Bertz CT molecular complexity index is 1330. The molecular weight excluding hydrogens is 423 g/mol. The molecule has 0 saturated heterocycles. The quantitative estimate of drug-likeness (QED) is 0.514. The third-order valence-electron chi connectivity index (χ3n) is 4.96. The number of alkyl halides is 3. The standard InChI is InChI=1S/C22H18F3N5O2/c1-14(15-6-3-2-4-7-15)28-19(31)12-29-13-26-20-18(21(29)32)11-27-30(20)17-9-5-8-16(10-17)22(23,24)25/h2-11,13-14H,12H2,1H3,(H,28,31)/t14-/m1/s1. The first-order chi connectivity index (χ1) is 15.2. The average molecular weight is 441 g/mol. The van der Waals surface area contributed by atoms with Crippen LogP contribution in [0.15, 0.2) is 71.9 Å². The van der Waals surface area contributed by atoms with Gasteiger partial charge in [-0.15, -0.1) is 0 Å². The van der Waals surface area contributed by atoms with E-state index in [2.05, 4.69) is 15.4 Å². The summed E-state index contributed by atoms with van der Waals surface area (Å²) in [6, 6.07) is 13.7. The molecule has 0 aliphatic carbocycles. The molecule has 10 heteroatoms. The number of hydrogen-bond acceptors (Lipinski definition) is 4. The Morgan fingerprint density at radius 2 is 1.88 bits per heavy atom. The number of benzene rings is 2. The van der Waals surface area contributed by atoms with Crippen molar-refractivity contribution in [1.82, 2.24) is 24.6 Å². The van der Waals surface area contributed by atoms with E-state index in [-0.39, 0.29) is 35.2 Å². The Kier molecular flexibility index (Phi) is 5.52. The maximum Gasteiger partial charge on any atom is 0.416 e. The van der Waals surface area contributed by atoms with Crippen LogP contribution in [0.4, 0.5) is 13.2 Å². The zero-order valence-electron chi connectivity index (χ0n) is 16.9. The molecule has 0 spiro atoms. The minimum absolute atomic E-state index is 0.0915. The number of halogens is 3. The summed E-state index contributed by atoms with van der Waals surface area (Å²) in [5, 5.41) is 6.94. The van der Waals surface area contributed by atoms with Crippen molar-refractivity contribution < 1.29 is 18.0 Å². The molecule has 4 rings (SSSR count). The fraction of sp³-hybridized carbons (Fsp3) is 0.182. The summed E-state index contributed by atoms with van der Waals surface area (Å²) >= 11 is 0. The fourth-order valence-corrected chi connectivity index (χ4v) is 3.33. The Morgan fingerprint density at radius 3 is 2.59 bits per heavy atom. The van der Waals surface area contributed by atoms with Crippen LogP contribution in [0.2, 0.25) is 0 Å². The molecule has 7 nitrogen and oxygen atoms in total. The molecule has 2 aromatic carbocycles. The first-order valence-electron chi connectivity index (χ1n) is 9.69. The number of nitrogens with one attached hydrogen (secondary N) is 1. The van der Waals surface area contributed by atoms with E-state index in [0.29, 0.717) is 0 Å². The van der Waals surface area contributed by atoms with Gasteiger partial charge in [0.15, 0.2) is 5.65 Å². The van der Waals surface area contributed by atoms with Gasteiger partial charge in [-0.1, -0.05) is 36.4 Å². The smallest absolute Gasteiger partial charge is 0.348 e. The van der Waals surface area contributed by atoms with E-state index in [1.165, 1.54) is 24.7 Å². The van der Waals surface area contributed by atoms with Crippen molar-refractivity contribution in [1.29, 1.82) is 0 Å². The maximum absolute atomic E-state index is 13.0. The molecule has 0 unspecified atom stereocenters. The molecule has 1 amide bonds. The number of nitrogens with zero attached hydrogens (tertiary/aromatic N) is 4. The van der Waals surface area contributed by atoms with E-state index >= 15 is 0 Å². The van der Waals surface area contributed by atoms with E-state index in [1.54, 1.807) is 0 Å². The fourth-order valence-electron chi connectivity index (χ4n) is 3.33. The Balaban J connectivity index is 1.58. The third-order valence-corrected chi connectivity index (χ3v) is 4.96. The van der Waals surface area contributed by atoms with Crippen LogP contribution >= 0.6 is 0 Å². The number of aromatic nitrogens is 4. The highest BCUT2D eigenvalue weighted by molar-refractivity contribution is 5.78. The van der Waals surface area contributed by atoms with Crippen LogP contribution in [-0.2, 0) is 17.5 Å². The molecule has 2 heterocycles. The molecule has 0 aliphatic rings. The van der Waals surface area contributed by atoms with E-state index in [0.717, 1.165) is 26.9 Å². The van der Waals surface area contributed by atoms with Crippen LogP contribution in [0.1, 0.15) is 24.1 Å². The minimum atomic E-state index is -4.51. The molecule has 2 aromatic heterocycles. The number of carbonyl (C=O) groups is 1. The topological polar surface area (TPSA) is 81.8 Å². The van der Waals surface area contributed by atoms with E-state index in [9.17, 15) is 22.8 Å². The Morgan fingerprint density at radius 1 is 1.12 bits per heavy atom. The highest BCUT2D eigenvalue weighted by Gasteiger charge is 2.30. The molecule has 0 radical (unpaired) electrons. The van der Waals surface area contributed by atoms with Crippen molar-refractivity contribution in [2.75, 3.05) is 0 Å². The van der Waals surface area contributed by atoms with Gasteiger partial charge in [-0.2, -0.15) is 18.3 Å². The molecule has 32 heavy (non-hydrogen) atoms. The lowest BCUT2D eigenvalue weighted by Gasteiger charge is -2.14. The minimum Gasteiger partial charge on any atom is -0.348 e. The van der Waals surface area contributed by atoms with Gasteiger partial charge in [-0.05, 0) is 30.7 Å². The van der Waals surface area contributed by atoms with Gasteiger partial charge in [0, 0.05) is 0 Å². The number of carbonyl (C=O) groups excluding carboxylic acids is 1. The number of hydrogen-bond donors (Lipinski definition) is 1. The highest BCUT2D eigenvalue weighted by Crippen LogP contribution is 2.30. The molecule has 1 atom stereocenters. The second-order valence-corrected chi connectivity index (χ2v) is 7.22. The van der Waals surface area contributed by atoms with Gasteiger partial charge < -0.3 is 5.32 Å². The van der Waals surface area contributed by atoms with Crippen LogP contribution < -0.4 is 10.9 Å². The molecule has 4 aromatic rings. The van der Waals surface area contributed by atoms with Gasteiger partial charge in [-0.25, -0.2) is 9.67 Å². The molecule has 1 N–H and O–H groups in total. The van der Waals surface area contributed by atoms with Gasteiger partial charge >= 0.3 is 6.18 Å². The monoisotopic (exact) mass is 441 g/mol. The summed E-state index contributed by atoms with van der Waals surface area (Å²) in [5.74, 6) is -0.380. The van der Waals surface area contributed by atoms with Gasteiger partial charge in [0.2, 0.25) is 5.91 Å². The molecule has 0 fully saturated rings. The zero-order valence-corrected chi connectivity index (χ0v) is 16.9. The largest absolute Gasteiger partial charge is 0.416 e. The summed E-state index contributed by atoms with van der Waals surface area (Å²) in [5.41, 5.74) is -0.214. The summed E-state index contributed by atoms with van der Waals surface area (Å²) in [7, 11) is 0. The van der Waals surface area contributed by atoms with Crippen molar-refractivity contribution >= 4 is 16.9 Å². The van der Waals surface area contributed by atoms with Crippen LogP contribution in [0.25, 0.3) is 16.7 Å². The lowest BCUT2D eigenvalue weighted by atomic mass is 10.1. The van der Waals surface area contributed by atoms with Gasteiger partial charge in [0.1, 0.15) is 18.3 Å². The molecule has 0 saturated carbocycles. The summed E-state index contributed by atoms with van der Waals surface area (Å²) in [6.45, 7) is 1.57. The highest BCUT2D eigenvalue weighted by atomic mass is 19.4. The first-order valence-corrected chi connectivity index (χ1v) is 9.69. The van der Waals surface area contributed by atoms with Crippen LogP contribution in [0.3, 0.4) is 0 Å². The van der Waals surface area contributed by atoms with Crippen LogP contribution in [0.5, 0.6) is 0 Å². The zero-order chi connectivity index (χ0) is 22.9. The third kappa shape index (κ3) is 4.25. The molecule has 0 bridgehead atoms. The summed E-state index contributed by atoms with van der Waals surface area (Å²) < 4.78 is 41.4. The lowest BCUT2D eigenvalue weighted by Crippen LogP contribution is -2.33. The molecule has 0 aliphatic heterocycles. The predicted molar refractivity (Wildman–Crippen MR) is 111 cm³/mol. The second kappa shape index (κ2) is 8.29.